The molecule has 0 saturated carbocycles. The SMILES string of the molecule is CCOc1cccc(-c2noc(NN)n2)c1. The average molecular weight is 220 g/mol. The molecule has 0 aliphatic heterocycles. The quantitative estimate of drug-likeness (QED) is 0.598. The Morgan fingerprint density at radius 2 is 2.38 bits per heavy atom. The number of nitrogen functional groups attached to an aromatic ring is 1. The van der Waals surface area contributed by atoms with Gasteiger partial charge in [-0.25, -0.2) is 5.84 Å². The van der Waals surface area contributed by atoms with E-state index in [-0.39, 0.29) is 6.01 Å². The van der Waals surface area contributed by atoms with Crippen molar-refractivity contribution in [1.29, 1.82) is 0 Å². The van der Waals surface area contributed by atoms with Crippen molar-refractivity contribution in [3.63, 3.8) is 0 Å². The zero-order valence-corrected chi connectivity index (χ0v) is 8.80. The number of ether oxygens (including phenoxy) is 1. The van der Waals surface area contributed by atoms with E-state index < -0.39 is 0 Å². The molecule has 0 aliphatic rings. The molecule has 0 fully saturated rings. The van der Waals surface area contributed by atoms with Crippen molar-refractivity contribution in [2.24, 2.45) is 5.84 Å². The Kier molecular flexibility index (Phi) is 3.02. The van der Waals surface area contributed by atoms with E-state index >= 15 is 0 Å². The maximum atomic E-state index is 5.37. The van der Waals surface area contributed by atoms with Crippen LogP contribution in [0.1, 0.15) is 6.92 Å². The second kappa shape index (κ2) is 4.63. The molecule has 0 unspecified atom stereocenters. The summed E-state index contributed by atoms with van der Waals surface area (Å²) < 4.78 is 10.2. The monoisotopic (exact) mass is 220 g/mol. The molecule has 1 aromatic carbocycles. The van der Waals surface area contributed by atoms with Crippen LogP contribution in [-0.2, 0) is 0 Å². The highest BCUT2D eigenvalue weighted by atomic mass is 16.5. The lowest BCUT2D eigenvalue weighted by atomic mass is 10.2. The van der Waals surface area contributed by atoms with Crippen molar-refractivity contribution < 1.29 is 9.26 Å². The van der Waals surface area contributed by atoms with E-state index in [0.717, 1.165) is 11.3 Å². The number of hydrogen-bond acceptors (Lipinski definition) is 6. The first kappa shape index (κ1) is 10.4. The minimum atomic E-state index is 0.178. The molecule has 6 heteroatoms. The predicted molar refractivity (Wildman–Crippen MR) is 58.7 cm³/mol. The molecule has 2 aromatic rings. The van der Waals surface area contributed by atoms with Crippen molar-refractivity contribution in [3.8, 4) is 17.1 Å². The van der Waals surface area contributed by atoms with Crippen LogP contribution in [0.3, 0.4) is 0 Å². The van der Waals surface area contributed by atoms with Crippen molar-refractivity contribution in [2.45, 2.75) is 6.92 Å². The fraction of sp³-hybridized carbons (Fsp3) is 0.200. The molecule has 1 heterocycles. The van der Waals surface area contributed by atoms with Gasteiger partial charge in [0.15, 0.2) is 0 Å². The molecule has 0 amide bonds. The van der Waals surface area contributed by atoms with Crippen molar-refractivity contribution in [1.82, 2.24) is 10.1 Å². The maximum Gasteiger partial charge on any atom is 0.335 e. The number of nitrogens with zero attached hydrogens (tertiary/aromatic N) is 2. The third-order valence-corrected chi connectivity index (χ3v) is 1.95. The third-order valence-electron chi connectivity index (χ3n) is 1.95. The highest BCUT2D eigenvalue weighted by molar-refractivity contribution is 5.57. The summed E-state index contributed by atoms with van der Waals surface area (Å²) in [6.45, 7) is 2.54. The van der Waals surface area contributed by atoms with Gasteiger partial charge in [-0.3, -0.25) is 5.43 Å². The Labute approximate surface area is 92.4 Å². The van der Waals surface area contributed by atoms with Crippen molar-refractivity contribution >= 4 is 6.01 Å². The van der Waals surface area contributed by atoms with E-state index in [2.05, 4.69) is 15.6 Å². The number of aromatic nitrogens is 2. The van der Waals surface area contributed by atoms with E-state index in [1.165, 1.54) is 0 Å². The summed E-state index contributed by atoms with van der Waals surface area (Å²) in [7, 11) is 0. The Hall–Kier alpha value is -2.08. The number of hydrazine groups is 1. The van der Waals surface area contributed by atoms with Crippen LogP contribution >= 0.6 is 0 Å². The van der Waals surface area contributed by atoms with Crippen LogP contribution in [0.25, 0.3) is 11.4 Å². The van der Waals surface area contributed by atoms with Crippen molar-refractivity contribution in [3.05, 3.63) is 24.3 Å². The maximum absolute atomic E-state index is 5.37. The zero-order valence-electron chi connectivity index (χ0n) is 8.80. The van der Waals surface area contributed by atoms with E-state index in [9.17, 15) is 0 Å². The molecule has 0 spiro atoms. The van der Waals surface area contributed by atoms with Crippen LogP contribution < -0.4 is 16.0 Å². The van der Waals surface area contributed by atoms with Gasteiger partial charge in [0.2, 0.25) is 5.82 Å². The van der Waals surface area contributed by atoms with Crippen LogP contribution in [0.2, 0.25) is 0 Å². The molecule has 0 saturated heterocycles. The van der Waals surface area contributed by atoms with Gasteiger partial charge in [0.05, 0.1) is 6.61 Å². The molecule has 6 nitrogen and oxygen atoms in total. The largest absolute Gasteiger partial charge is 0.494 e. The lowest BCUT2D eigenvalue weighted by Crippen LogP contribution is -2.06. The average Bonchev–Trinajstić information content (AvgIpc) is 2.78. The summed E-state index contributed by atoms with van der Waals surface area (Å²) >= 11 is 0. The van der Waals surface area contributed by atoms with Crippen LogP contribution in [-0.4, -0.2) is 16.7 Å². The Bertz CT molecular complexity index is 469. The molecule has 2 rings (SSSR count). The van der Waals surface area contributed by atoms with E-state index in [1.807, 2.05) is 31.2 Å². The summed E-state index contributed by atoms with van der Waals surface area (Å²) in [4.78, 5) is 4.03. The second-order valence-corrected chi connectivity index (χ2v) is 3.03. The van der Waals surface area contributed by atoms with E-state index in [1.54, 1.807) is 0 Å². The lowest BCUT2D eigenvalue weighted by molar-refractivity contribution is 0.340. The summed E-state index contributed by atoms with van der Waals surface area (Å²) in [5, 5.41) is 3.77. The Morgan fingerprint density at radius 1 is 1.50 bits per heavy atom. The van der Waals surface area contributed by atoms with Crippen LogP contribution in [0.4, 0.5) is 6.01 Å². The minimum Gasteiger partial charge on any atom is -0.494 e. The topological polar surface area (TPSA) is 86.2 Å². The van der Waals surface area contributed by atoms with Crippen LogP contribution in [0, 0.1) is 0 Å². The van der Waals surface area contributed by atoms with Crippen LogP contribution in [0.15, 0.2) is 28.8 Å². The number of rotatable bonds is 4. The summed E-state index contributed by atoms with van der Waals surface area (Å²) in [6.07, 6.45) is 0. The first-order valence-corrected chi connectivity index (χ1v) is 4.87. The Morgan fingerprint density at radius 3 is 3.06 bits per heavy atom. The van der Waals surface area contributed by atoms with Gasteiger partial charge < -0.3 is 9.26 Å². The van der Waals surface area contributed by atoms with Crippen LogP contribution in [0.5, 0.6) is 5.75 Å². The standard InChI is InChI=1S/C10H12N4O2/c1-2-15-8-5-3-4-7(6-8)9-12-10(13-11)16-14-9/h3-6H,2,11H2,1H3,(H,12,13,14). The molecule has 16 heavy (non-hydrogen) atoms. The van der Waals surface area contributed by atoms with Gasteiger partial charge in [-0.15, -0.1) is 0 Å². The number of anilines is 1. The van der Waals surface area contributed by atoms with Gasteiger partial charge in [0.25, 0.3) is 0 Å². The molecule has 0 radical (unpaired) electrons. The first-order chi connectivity index (χ1) is 7.83. The molecular weight excluding hydrogens is 208 g/mol. The minimum absolute atomic E-state index is 0.178. The Balaban J connectivity index is 2.28. The molecule has 0 atom stereocenters. The predicted octanol–water partition coefficient (Wildman–Crippen LogP) is 1.42. The number of hydrogen-bond donors (Lipinski definition) is 2. The number of benzene rings is 1. The second-order valence-electron chi connectivity index (χ2n) is 3.03. The van der Waals surface area contributed by atoms with Gasteiger partial charge in [-0.05, 0) is 19.1 Å². The highest BCUT2D eigenvalue weighted by Gasteiger charge is 2.07. The summed E-state index contributed by atoms with van der Waals surface area (Å²) in [6, 6.07) is 7.63. The summed E-state index contributed by atoms with van der Waals surface area (Å²) in [5.74, 6) is 6.39. The highest BCUT2D eigenvalue weighted by Crippen LogP contribution is 2.22. The molecule has 84 valence electrons. The fourth-order valence-electron chi connectivity index (χ4n) is 1.29. The molecule has 0 aliphatic carbocycles. The molecule has 1 aromatic heterocycles. The third kappa shape index (κ3) is 2.12. The fourth-order valence-corrected chi connectivity index (χ4v) is 1.29. The van der Waals surface area contributed by atoms with Crippen molar-refractivity contribution in [2.75, 3.05) is 12.0 Å². The van der Waals surface area contributed by atoms with Gasteiger partial charge in [-0.1, -0.05) is 17.3 Å². The molecule has 3 N–H and O–H groups in total. The van der Waals surface area contributed by atoms with Gasteiger partial charge in [0, 0.05) is 5.56 Å². The van der Waals surface area contributed by atoms with E-state index in [0.29, 0.717) is 12.4 Å². The summed E-state index contributed by atoms with van der Waals surface area (Å²) in [5.41, 5.74) is 3.10. The lowest BCUT2D eigenvalue weighted by Gasteiger charge is -2.02. The zero-order chi connectivity index (χ0) is 11.4. The molecule has 0 bridgehead atoms. The van der Waals surface area contributed by atoms with Gasteiger partial charge in [0.1, 0.15) is 5.75 Å². The smallest absolute Gasteiger partial charge is 0.335 e. The van der Waals surface area contributed by atoms with Gasteiger partial charge >= 0.3 is 6.01 Å². The van der Waals surface area contributed by atoms with Gasteiger partial charge in [-0.2, -0.15) is 4.98 Å². The first-order valence-electron chi connectivity index (χ1n) is 4.87. The molecular formula is C10H12N4O2. The number of nitrogens with two attached hydrogens (primary N) is 1. The number of nitrogens with one attached hydrogen (secondary N) is 1. The van der Waals surface area contributed by atoms with E-state index in [4.69, 9.17) is 15.1 Å². The normalized spacial score (nSPS) is 10.1.